The van der Waals surface area contributed by atoms with E-state index in [-0.39, 0.29) is 0 Å². The minimum atomic E-state index is 0.722. The number of hydrogen-bond acceptors (Lipinski definition) is 4. The molecule has 2 N–H and O–H groups in total. The average Bonchev–Trinajstić information content (AvgIpc) is 1.86. The van der Waals surface area contributed by atoms with Crippen molar-refractivity contribution in [1.29, 1.82) is 5.41 Å². The molecule has 0 radical (unpaired) electrons. The molecule has 1 rings (SSSR count). The van der Waals surface area contributed by atoms with Gasteiger partial charge in [-0.3, -0.25) is 5.41 Å². The monoisotopic (exact) mass is 120 g/mol. The van der Waals surface area contributed by atoms with Gasteiger partial charge in [-0.2, -0.15) is 0 Å². The van der Waals surface area contributed by atoms with E-state index >= 15 is 0 Å². The summed E-state index contributed by atoms with van der Waals surface area (Å²) in [5.41, 5.74) is 0. The molecule has 34 valence electrons. The highest BCUT2D eigenvalue weighted by Gasteiger charge is 2.04. The molecule has 0 aromatic rings. The third kappa shape index (κ3) is 0.894. The summed E-state index contributed by atoms with van der Waals surface area (Å²) in [6, 6.07) is 0. The summed E-state index contributed by atoms with van der Waals surface area (Å²) in [6.07, 6.45) is 0. The van der Waals surface area contributed by atoms with E-state index in [9.17, 15) is 0 Å². The fourth-order valence-electron chi connectivity index (χ4n) is 0.204. The van der Waals surface area contributed by atoms with Crippen molar-refractivity contribution in [1.82, 2.24) is 4.13 Å². The van der Waals surface area contributed by atoms with Gasteiger partial charge < -0.3 is 0 Å². The van der Waals surface area contributed by atoms with Gasteiger partial charge >= 0.3 is 0 Å². The van der Waals surface area contributed by atoms with Crippen LogP contribution in [0, 0.1) is 5.41 Å². The summed E-state index contributed by atoms with van der Waals surface area (Å²) in [5.74, 6) is 0.838. The third-order valence-electron chi connectivity index (χ3n) is 0.427. The van der Waals surface area contributed by atoms with Crippen LogP contribution in [0.25, 0.3) is 0 Å². The van der Waals surface area contributed by atoms with Crippen molar-refractivity contribution in [3.05, 3.63) is 0 Å². The lowest BCUT2D eigenvalue weighted by Gasteiger charge is -1.75. The smallest absolute Gasteiger partial charge is 0.0913 e. The summed E-state index contributed by atoms with van der Waals surface area (Å²) in [4.78, 5) is 0. The second kappa shape index (κ2) is 1.86. The van der Waals surface area contributed by atoms with Crippen LogP contribution in [0.15, 0.2) is 0 Å². The van der Waals surface area contributed by atoms with Crippen molar-refractivity contribution in [3.63, 3.8) is 0 Å². The van der Waals surface area contributed by atoms with Crippen molar-refractivity contribution in [2.24, 2.45) is 0 Å². The molecule has 0 aromatic heterocycles. The highest BCUT2D eigenvalue weighted by atomic mass is 32.2. The van der Waals surface area contributed by atoms with Gasteiger partial charge in [-0.25, -0.2) is 4.13 Å². The van der Waals surface area contributed by atoms with E-state index < -0.39 is 0 Å². The maximum absolute atomic E-state index is 6.93. The summed E-state index contributed by atoms with van der Waals surface area (Å²) >= 11 is 2.96. The molecule has 1 saturated heterocycles. The largest absolute Gasteiger partial charge is 0.296 e. The Labute approximate surface area is 44.9 Å². The SMILES string of the molecule is N=C1CSNS1. The van der Waals surface area contributed by atoms with Crippen LogP contribution < -0.4 is 4.13 Å². The van der Waals surface area contributed by atoms with E-state index in [0.717, 1.165) is 10.8 Å². The van der Waals surface area contributed by atoms with Crippen LogP contribution in [0.4, 0.5) is 0 Å². The molecule has 1 fully saturated rings. The molecule has 0 atom stereocenters. The molecular weight excluding hydrogens is 116 g/mol. The molecule has 0 saturated carbocycles. The predicted molar refractivity (Wildman–Crippen MR) is 30.9 cm³/mol. The highest BCUT2D eigenvalue weighted by Crippen LogP contribution is 2.15. The second-order valence-corrected chi connectivity index (χ2v) is 2.84. The minimum Gasteiger partial charge on any atom is -0.296 e. The minimum absolute atomic E-state index is 0.722. The second-order valence-electron chi connectivity index (χ2n) is 0.897. The van der Waals surface area contributed by atoms with E-state index in [1.165, 1.54) is 11.9 Å². The predicted octanol–water partition coefficient (Wildman–Crippen LogP) is 0.863. The lowest BCUT2D eigenvalue weighted by atomic mass is 10.9. The Bertz CT molecular complexity index is 63.9. The molecule has 1 heterocycles. The molecule has 1 aliphatic heterocycles. The fourth-order valence-corrected chi connectivity index (χ4v) is 1.62. The first kappa shape index (κ1) is 4.49. The standard InChI is InChI=1S/C2H4N2S2/c3-2-1-5-4-6-2/h3-4H,1H2. The van der Waals surface area contributed by atoms with Gasteiger partial charge in [0.25, 0.3) is 0 Å². The lowest BCUT2D eigenvalue weighted by molar-refractivity contribution is 1.54. The van der Waals surface area contributed by atoms with Gasteiger partial charge in [-0.05, 0) is 11.9 Å². The molecule has 6 heavy (non-hydrogen) atoms. The zero-order valence-corrected chi connectivity index (χ0v) is 4.66. The molecule has 0 bridgehead atoms. The van der Waals surface area contributed by atoms with Gasteiger partial charge in [-0.15, -0.1) is 0 Å². The maximum atomic E-state index is 6.93. The molecule has 0 unspecified atom stereocenters. The number of rotatable bonds is 0. The molecular formula is C2H4N2S2. The summed E-state index contributed by atoms with van der Waals surface area (Å²) in [6.45, 7) is 0. The van der Waals surface area contributed by atoms with Crippen molar-refractivity contribution in [3.8, 4) is 0 Å². The van der Waals surface area contributed by atoms with Crippen LogP contribution in [0.1, 0.15) is 0 Å². The Morgan fingerprint density at radius 3 is 2.83 bits per heavy atom. The molecule has 0 amide bonds. The maximum Gasteiger partial charge on any atom is 0.0913 e. The first-order chi connectivity index (χ1) is 2.89. The Morgan fingerprint density at radius 2 is 2.67 bits per heavy atom. The normalized spacial score (nSPS) is 22.3. The molecule has 0 aliphatic carbocycles. The van der Waals surface area contributed by atoms with Crippen LogP contribution >= 0.6 is 23.9 Å². The first-order valence-corrected chi connectivity index (χ1v) is 3.31. The van der Waals surface area contributed by atoms with Crippen molar-refractivity contribution in [2.75, 3.05) is 5.75 Å². The molecule has 1 aliphatic rings. The fraction of sp³-hybridized carbons (Fsp3) is 0.500. The Morgan fingerprint density at radius 1 is 1.83 bits per heavy atom. The van der Waals surface area contributed by atoms with Crippen LogP contribution in [0.3, 0.4) is 0 Å². The van der Waals surface area contributed by atoms with Gasteiger partial charge in [0.15, 0.2) is 0 Å². The number of hydrogen-bond donors (Lipinski definition) is 2. The first-order valence-electron chi connectivity index (χ1n) is 1.50. The van der Waals surface area contributed by atoms with E-state index in [2.05, 4.69) is 4.13 Å². The van der Waals surface area contributed by atoms with Gasteiger partial charge in [0, 0.05) is 0 Å². The topological polar surface area (TPSA) is 35.9 Å². The quantitative estimate of drug-likeness (QED) is 0.465. The Kier molecular flexibility index (Phi) is 1.39. The highest BCUT2D eigenvalue weighted by molar-refractivity contribution is 8.26. The molecule has 0 spiro atoms. The van der Waals surface area contributed by atoms with Crippen LogP contribution in [-0.4, -0.2) is 10.8 Å². The molecule has 2 nitrogen and oxygen atoms in total. The van der Waals surface area contributed by atoms with Crippen molar-refractivity contribution < 1.29 is 0 Å². The van der Waals surface area contributed by atoms with Gasteiger partial charge in [0.2, 0.25) is 0 Å². The summed E-state index contributed by atoms with van der Waals surface area (Å²) < 4.78 is 2.88. The zero-order chi connectivity index (χ0) is 4.41. The molecule has 0 aromatic carbocycles. The zero-order valence-electron chi connectivity index (χ0n) is 3.02. The number of nitrogens with one attached hydrogen (secondary N) is 2. The van der Waals surface area contributed by atoms with E-state index in [0.29, 0.717) is 0 Å². The lowest BCUT2D eigenvalue weighted by Crippen LogP contribution is -1.81. The summed E-state index contributed by atoms with van der Waals surface area (Å²) in [5, 5.41) is 7.65. The van der Waals surface area contributed by atoms with Gasteiger partial charge in [0.1, 0.15) is 0 Å². The third-order valence-corrected chi connectivity index (χ3v) is 2.24. The summed E-state index contributed by atoms with van der Waals surface area (Å²) in [7, 11) is 0. The van der Waals surface area contributed by atoms with E-state index in [1.807, 2.05) is 0 Å². The van der Waals surface area contributed by atoms with E-state index in [1.54, 1.807) is 11.9 Å². The Balaban J connectivity index is 2.37. The Hall–Kier alpha value is 0.330. The van der Waals surface area contributed by atoms with Gasteiger partial charge in [0.05, 0.1) is 10.8 Å². The van der Waals surface area contributed by atoms with Crippen molar-refractivity contribution in [2.45, 2.75) is 0 Å². The molecule has 4 heteroatoms. The van der Waals surface area contributed by atoms with Gasteiger partial charge in [-0.1, -0.05) is 11.9 Å². The van der Waals surface area contributed by atoms with Crippen LogP contribution in [0.5, 0.6) is 0 Å². The van der Waals surface area contributed by atoms with Crippen LogP contribution in [0.2, 0.25) is 0 Å². The van der Waals surface area contributed by atoms with Crippen molar-refractivity contribution >= 4 is 28.9 Å². The van der Waals surface area contributed by atoms with Crippen LogP contribution in [-0.2, 0) is 0 Å². The van der Waals surface area contributed by atoms with E-state index in [4.69, 9.17) is 5.41 Å². The average molecular weight is 120 g/mol.